The summed E-state index contributed by atoms with van der Waals surface area (Å²) in [5.74, 6) is 9.71. The van der Waals surface area contributed by atoms with Gasteiger partial charge in [-0.2, -0.15) is 0 Å². The van der Waals surface area contributed by atoms with Gasteiger partial charge >= 0.3 is 0 Å². The molecule has 0 radical (unpaired) electrons. The summed E-state index contributed by atoms with van der Waals surface area (Å²) < 4.78 is 5.57. The van der Waals surface area contributed by atoms with Crippen LogP contribution < -0.4 is 5.32 Å². The zero-order valence-corrected chi connectivity index (χ0v) is 19.6. The number of hydrogen-bond acceptors (Lipinski definition) is 7. The highest BCUT2D eigenvalue weighted by molar-refractivity contribution is 5.91. The monoisotopic (exact) mass is 483 g/mol. The van der Waals surface area contributed by atoms with E-state index in [0.717, 1.165) is 25.7 Å². The van der Waals surface area contributed by atoms with Gasteiger partial charge in [0.2, 0.25) is 5.91 Å². The minimum absolute atomic E-state index is 0.0826. The van der Waals surface area contributed by atoms with Gasteiger partial charge in [0.15, 0.2) is 11.5 Å². The Hall–Kier alpha value is -3.27. The molecule has 2 rings (SSSR count). The van der Waals surface area contributed by atoms with Gasteiger partial charge in [0.05, 0.1) is 24.4 Å². The summed E-state index contributed by atoms with van der Waals surface area (Å²) in [6.45, 7) is 3.34. The summed E-state index contributed by atoms with van der Waals surface area (Å²) in [4.78, 5) is 11.9. The third-order valence-electron chi connectivity index (χ3n) is 5.43. The highest BCUT2D eigenvalue weighted by atomic mass is 16.6. The fourth-order valence-corrected chi connectivity index (χ4v) is 3.26. The lowest BCUT2D eigenvalue weighted by Crippen LogP contribution is -2.38. The SMILES string of the molecule is C=C[C@H](O)C#CC#CC[C@H]1O[C@H]1CCCCC[C@H](O)[C@H](O)CNC(=O)C=Cc1ccc(O)c(O)c1. The van der Waals surface area contributed by atoms with Crippen molar-refractivity contribution in [2.75, 3.05) is 6.54 Å². The van der Waals surface area contributed by atoms with Crippen LogP contribution in [0.2, 0.25) is 0 Å². The highest BCUT2D eigenvalue weighted by Gasteiger charge is 2.36. The van der Waals surface area contributed by atoms with Gasteiger partial charge in [-0.1, -0.05) is 49.8 Å². The molecule has 1 saturated heterocycles. The number of carbonyl (C=O) groups excluding carboxylic acids is 1. The van der Waals surface area contributed by atoms with Crippen molar-refractivity contribution in [2.24, 2.45) is 0 Å². The van der Waals surface area contributed by atoms with Crippen LogP contribution in [-0.4, -0.2) is 68.5 Å². The molecule has 1 aromatic carbocycles. The Labute approximate surface area is 206 Å². The van der Waals surface area contributed by atoms with Crippen LogP contribution >= 0.6 is 0 Å². The number of ether oxygens (including phenoxy) is 1. The van der Waals surface area contributed by atoms with Gasteiger partial charge in [0.1, 0.15) is 6.10 Å². The van der Waals surface area contributed by atoms with Gasteiger partial charge in [-0.3, -0.25) is 4.79 Å². The number of hydrogen-bond donors (Lipinski definition) is 6. The summed E-state index contributed by atoms with van der Waals surface area (Å²) in [7, 11) is 0. The van der Waals surface area contributed by atoms with Crippen molar-refractivity contribution in [1.82, 2.24) is 5.32 Å². The van der Waals surface area contributed by atoms with Crippen molar-refractivity contribution in [1.29, 1.82) is 0 Å². The molecule has 0 spiro atoms. The van der Waals surface area contributed by atoms with E-state index in [4.69, 9.17) is 4.74 Å². The maximum Gasteiger partial charge on any atom is 0.244 e. The number of unbranched alkanes of at least 4 members (excludes halogenated alkanes) is 2. The van der Waals surface area contributed by atoms with E-state index in [1.165, 1.54) is 36.4 Å². The van der Waals surface area contributed by atoms with Crippen LogP contribution in [0.4, 0.5) is 0 Å². The Morgan fingerprint density at radius 1 is 1.09 bits per heavy atom. The first-order chi connectivity index (χ1) is 16.8. The first-order valence-corrected chi connectivity index (χ1v) is 11.6. The fraction of sp³-hybridized carbons (Fsp3) is 0.444. The van der Waals surface area contributed by atoms with Crippen molar-refractivity contribution in [3.05, 3.63) is 42.5 Å². The number of aliphatic hydroxyl groups excluding tert-OH is 3. The second-order valence-electron chi connectivity index (χ2n) is 8.27. The number of aromatic hydroxyl groups is 2. The van der Waals surface area contributed by atoms with Gasteiger partial charge in [-0.05, 0) is 48.5 Å². The highest BCUT2D eigenvalue weighted by Crippen LogP contribution is 2.30. The molecule has 6 N–H and O–H groups in total. The van der Waals surface area contributed by atoms with Crippen molar-refractivity contribution in [3.8, 4) is 35.2 Å². The Kier molecular flexibility index (Phi) is 11.9. The quantitative estimate of drug-likeness (QED) is 0.0625. The maximum atomic E-state index is 11.9. The number of carbonyl (C=O) groups is 1. The third-order valence-corrected chi connectivity index (χ3v) is 5.43. The molecule has 0 bridgehead atoms. The van der Waals surface area contributed by atoms with Crippen LogP contribution in [0.1, 0.15) is 44.1 Å². The van der Waals surface area contributed by atoms with Gasteiger partial charge in [0, 0.05) is 19.0 Å². The Morgan fingerprint density at radius 3 is 2.63 bits per heavy atom. The van der Waals surface area contributed by atoms with Gasteiger partial charge in [-0.25, -0.2) is 0 Å². The molecule has 0 unspecified atom stereocenters. The molecule has 1 aromatic rings. The van der Waals surface area contributed by atoms with E-state index < -0.39 is 24.2 Å². The number of amides is 1. The Balaban J connectivity index is 1.53. The second kappa shape index (κ2) is 14.9. The predicted molar refractivity (Wildman–Crippen MR) is 132 cm³/mol. The lowest BCUT2D eigenvalue weighted by molar-refractivity contribution is -0.117. The zero-order valence-electron chi connectivity index (χ0n) is 19.6. The summed E-state index contributed by atoms with van der Waals surface area (Å²) in [5, 5.41) is 50.6. The van der Waals surface area contributed by atoms with Crippen molar-refractivity contribution >= 4 is 12.0 Å². The molecular formula is C27H33NO7. The maximum absolute atomic E-state index is 11.9. The molecule has 8 nitrogen and oxygen atoms in total. The normalized spacial score (nSPS) is 18.9. The molecule has 35 heavy (non-hydrogen) atoms. The molecule has 0 saturated carbocycles. The van der Waals surface area contributed by atoms with E-state index in [2.05, 4.69) is 35.6 Å². The first-order valence-electron chi connectivity index (χ1n) is 11.6. The fourth-order valence-electron chi connectivity index (χ4n) is 3.26. The number of nitrogens with one attached hydrogen (secondary N) is 1. The molecule has 5 atom stereocenters. The minimum atomic E-state index is -1.07. The average molecular weight is 484 g/mol. The Bertz CT molecular complexity index is 998. The molecule has 1 amide bonds. The number of phenolic OH excluding ortho intramolecular Hbond substituents is 2. The number of aliphatic hydroxyl groups is 3. The zero-order chi connectivity index (χ0) is 25.6. The third kappa shape index (κ3) is 11.1. The summed E-state index contributed by atoms with van der Waals surface area (Å²) in [6.07, 6.45) is 6.00. The summed E-state index contributed by atoms with van der Waals surface area (Å²) >= 11 is 0. The molecule has 8 heteroatoms. The topological polar surface area (TPSA) is 143 Å². The van der Waals surface area contributed by atoms with Crippen LogP contribution in [0.5, 0.6) is 11.5 Å². The van der Waals surface area contributed by atoms with Crippen molar-refractivity contribution in [2.45, 2.75) is 69.0 Å². The van der Waals surface area contributed by atoms with Crippen molar-refractivity contribution in [3.63, 3.8) is 0 Å². The number of rotatable bonds is 13. The molecule has 1 fully saturated rings. The Morgan fingerprint density at radius 2 is 1.89 bits per heavy atom. The van der Waals surface area contributed by atoms with Crippen LogP contribution in [0.3, 0.4) is 0 Å². The standard InChI is InChI=1S/C27H33NO7/c1-2-20(29)9-5-3-7-11-25-26(35-25)12-8-4-6-10-21(30)24(33)18-28-27(34)16-14-19-13-15-22(31)23(32)17-19/h2,13-17,20-21,24-26,29-33H,1,4,6,8,10-12,18H2,(H,28,34)/t20-,21-,24+,25+,26-/m0/s1. The van der Waals surface area contributed by atoms with Gasteiger partial charge in [-0.15, -0.1) is 0 Å². The average Bonchev–Trinajstić information content (AvgIpc) is 3.60. The van der Waals surface area contributed by atoms with Crippen LogP contribution in [0, 0.1) is 23.7 Å². The van der Waals surface area contributed by atoms with Crippen LogP contribution in [-0.2, 0) is 9.53 Å². The van der Waals surface area contributed by atoms with E-state index in [-0.39, 0.29) is 30.3 Å². The number of phenols is 2. The molecule has 1 heterocycles. The lowest BCUT2D eigenvalue weighted by Gasteiger charge is -2.17. The van der Waals surface area contributed by atoms with Crippen molar-refractivity contribution < 1.29 is 35.1 Å². The summed E-state index contributed by atoms with van der Waals surface area (Å²) in [5.41, 5.74) is 0.529. The number of benzene rings is 1. The van der Waals surface area contributed by atoms with Crippen LogP contribution in [0.25, 0.3) is 6.08 Å². The molecule has 188 valence electrons. The van der Waals surface area contributed by atoms with E-state index in [1.807, 2.05) is 0 Å². The minimum Gasteiger partial charge on any atom is -0.504 e. The largest absolute Gasteiger partial charge is 0.504 e. The molecule has 0 aliphatic carbocycles. The molecule has 0 aromatic heterocycles. The molecular weight excluding hydrogens is 450 g/mol. The second-order valence-corrected chi connectivity index (χ2v) is 8.27. The molecule has 1 aliphatic heterocycles. The molecule has 1 aliphatic rings. The van der Waals surface area contributed by atoms with E-state index >= 15 is 0 Å². The number of epoxide rings is 1. The lowest BCUT2D eigenvalue weighted by atomic mass is 10.0. The van der Waals surface area contributed by atoms with E-state index in [0.29, 0.717) is 18.4 Å². The summed E-state index contributed by atoms with van der Waals surface area (Å²) in [6, 6.07) is 4.17. The smallest absolute Gasteiger partial charge is 0.244 e. The van der Waals surface area contributed by atoms with E-state index in [9.17, 15) is 30.3 Å². The predicted octanol–water partition coefficient (Wildman–Crippen LogP) is 1.61. The first kappa shape index (κ1) is 28.0. The van der Waals surface area contributed by atoms with Gasteiger partial charge in [0.25, 0.3) is 0 Å². The van der Waals surface area contributed by atoms with Gasteiger partial charge < -0.3 is 35.6 Å². The van der Waals surface area contributed by atoms with E-state index in [1.54, 1.807) is 0 Å². The van der Waals surface area contributed by atoms with Crippen LogP contribution in [0.15, 0.2) is 36.9 Å².